The number of benzene rings is 2. The Morgan fingerprint density at radius 3 is 2.33 bits per heavy atom. The van der Waals surface area contributed by atoms with E-state index >= 15 is 0 Å². The van der Waals surface area contributed by atoms with Gasteiger partial charge >= 0.3 is 12.1 Å². The van der Waals surface area contributed by atoms with Crippen molar-refractivity contribution in [2.75, 3.05) is 10.6 Å². The lowest BCUT2D eigenvalue weighted by atomic mass is 10.1. The van der Waals surface area contributed by atoms with Gasteiger partial charge in [-0.3, -0.25) is 10.1 Å². The summed E-state index contributed by atoms with van der Waals surface area (Å²) in [6, 6.07) is 11.3. The largest absolute Gasteiger partial charge is 0.481 e. The van der Waals surface area contributed by atoms with Crippen LogP contribution in [0.1, 0.15) is 44.4 Å². The Labute approximate surface area is 194 Å². The van der Waals surface area contributed by atoms with Crippen LogP contribution in [0.5, 0.6) is 5.75 Å². The number of carbonyl (C=O) groups excluding carboxylic acids is 2. The van der Waals surface area contributed by atoms with Gasteiger partial charge in [0.15, 0.2) is 0 Å². The zero-order chi connectivity index (χ0) is 25.2. The summed E-state index contributed by atoms with van der Waals surface area (Å²) in [6.45, 7) is 14.3. The summed E-state index contributed by atoms with van der Waals surface area (Å²) in [6.07, 6.45) is 0.646. The van der Waals surface area contributed by atoms with Gasteiger partial charge in [0.25, 0.3) is 5.97 Å². The van der Waals surface area contributed by atoms with E-state index in [9.17, 15) is 9.59 Å². The Hall–Kier alpha value is -3.81. The Kier molecular flexibility index (Phi) is 10.1. The minimum absolute atomic E-state index is 0.491. The number of anilines is 2. The molecule has 0 heterocycles. The number of carboxylic acid groups (broad SMARTS) is 1. The third kappa shape index (κ3) is 10.4. The van der Waals surface area contributed by atoms with Crippen molar-refractivity contribution in [2.24, 2.45) is 0 Å². The number of aliphatic carboxylic acids is 1. The van der Waals surface area contributed by atoms with E-state index in [0.29, 0.717) is 18.0 Å². The van der Waals surface area contributed by atoms with Gasteiger partial charge in [-0.15, -0.1) is 0 Å². The first-order valence-electron chi connectivity index (χ1n) is 10.3. The minimum atomic E-state index is -0.833. The number of nitrogens with one attached hydrogen (secondary N) is 2. The molecular formula is C25H32N2O6. The third-order valence-electron chi connectivity index (χ3n) is 4.03. The third-order valence-corrected chi connectivity index (χ3v) is 4.03. The number of amides is 1. The van der Waals surface area contributed by atoms with Gasteiger partial charge in [0.1, 0.15) is 11.4 Å². The van der Waals surface area contributed by atoms with Crippen LogP contribution in [0.3, 0.4) is 0 Å². The van der Waals surface area contributed by atoms with Gasteiger partial charge in [-0.05, 0) is 63.9 Å². The molecule has 0 aliphatic rings. The highest BCUT2D eigenvalue weighted by molar-refractivity contribution is 5.85. The van der Waals surface area contributed by atoms with Gasteiger partial charge < -0.3 is 19.9 Å². The van der Waals surface area contributed by atoms with E-state index in [1.807, 2.05) is 65.0 Å². The highest BCUT2D eigenvalue weighted by Gasteiger charge is 2.16. The summed E-state index contributed by atoms with van der Waals surface area (Å²) in [7, 11) is 0. The van der Waals surface area contributed by atoms with Crippen molar-refractivity contribution < 1.29 is 29.0 Å². The molecule has 2 rings (SSSR count). The van der Waals surface area contributed by atoms with Crippen LogP contribution < -0.4 is 15.4 Å². The van der Waals surface area contributed by atoms with E-state index < -0.39 is 23.6 Å². The van der Waals surface area contributed by atoms with Gasteiger partial charge in [0.05, 0.1) is 0 Å². The number of rotatable bonds is 6. The molecule has 0 spiro atoms. The van der Waals surface area contributed by atoms with Crippen LogP contribution >= 0.6 is 0 Å². The summed E-state index contributed by atoms with van der Waals surface area (Å²) in [5, 5.41) is 13.5. The normalized spacial score (nSPS) is 10.2. The second-order valence-corrected chi connectivity index (χ2v) is 8.21. The Balaban J connectivity index is 0.00000125. The summed E-state index contributed by atoms with van der Waals surface area (Å²) < 4.78 is 10.6. The zero-order valence-corrected chi connectivity index (χ0v) is 19.9. The van der Waals surface area contributed by atoms with Crippen molar-refractivity contribution in [3.05, 3.63) is 65.7 Å². The van der Waals surface area contributed by atoms with Crippen molar-refractivity contribution in [1.29, 1.82) is 0 Å². The molecule has 0 atom stereocenters. The molecule has 3 N–H and O–H groups in total. The smallest absolute Gasteiger partial charge is 0.412 e. The quantitative estimate of drug-likeness (QED) is 0.301. The van der Waals surface area contributed by atoms with E-state index in [1.165, 1.54) is 0 Å². The summed E-state index contributed by atoms with van der Waals surface area (Å²) in [5.74, 6) is -0.797. The highest BCUT2D eigenvalue weighted by atomic mass is 16.6. The molecule has 8 heteroatoms. The molecule has 1 amide bonds. The van der Waals surface area contributed by atoms with Crippen molar-refractivity contribution in [1.82, 2.24) is 0 Å². The molecule has 178 valence electrons. The molecule has 0 aliphatic heterocycles. The first-order valence-corrected chi connectivity index (χ1v) is 10.3. The van der Waals surface area contributed by atoms with E-state index in [0.717, 1.165) is 35.4 Å². The number of aryl methyl sites for hydroxylation is 1. The van der Waals surface area contributed by atoms with Crippen LogP contribution in [-0.2, 0) is 20.9 Å². The number of carbonyl (C=O) groups is 3. The van der Waals surface area contributed by atoms with Gasteiger partial charge in [0, 0.05) is 36.5 Å². The molecule has 33 heavy (non-hydrogen) atoms. The van der Waals surface area contributed by atoms with Crippen LogP contribution in [0.25, 0.3) is 0 Å². The molecule has 0 fully saturated rings. The first kappa shape index (κ1) is 27.2. The molecule has 8 nitrogen and oxygen atoms in total. The molecule has 0 saturated carbocycles. The lowest BCUT2D eigenvalue weighted by Gasteiger charge is -2.20. The van der Waals surface area contributed by atoms with Gasteiger partial charge in [-0.2, -0.15) is 0 Å². The molecule has 0 radical (unpaired) electrons. The predicted octanol–water partition coefficient (Wildman–Crippen LogP) is 5.44. The highest BCUT2D eigenvalue weighted by Crippen LogP contribution is 2.30. The molecular weight excluding hydrogens is 424 g/mol. The fourth-order valence-electron chi connectivity index (χ4n) is 2.70. The van der Waals surface area contributed by atoms with Crippen molar-refractivity contribution in [2.45, 2.75) is 53.7 Å². The summed E-state index contributed by atoms with van der Waals surface area (Å²) in [5.41, 5.74) is 3.63. The second-order valence-electron chi connectivity index (χ2n) is 8.21. The first-order chi connectivity index (χ1) is 15.3. The van der Waals surface area contributed by atoms with Crippen LogP contribution in [0, 0.1) is 13.8 Å². The Morgan fingerprint density at radius 1 is 1.12 bits per heavy atom. The van der Waals surface area contributed by atoms with Crippen LogP contribution in [-0.4, -0.2) is 28.7 Å². The fraction of sp³-hybridized carbons (Fsp3) is 0.320. The maximum absolute atomic E-state index is 11.9. The lowest BCUT2D eigenvalue weighted by molar-refractivity contribution is -0.134. The number of hydrogen-bond donors (Lipinski definition) is 3. The monoisotopic (exact) mass is 456 g/mol. The maximum atomic E-state index is 11.9. The molecule has 2 aromatic rings. The van der Waals surface area contributed by atoms with Gasteiger partial charge in [-0.25, -0.2) is 9.59 Å². The maximum Gasteiger partial charge on any atom is 0.412 e. The van der Waals surface area contributed by atoms with Gasteiger partial charge in [-0.1, -0.05) is 24.8 Å². The number of carboxylic acids is 1. The number of hydrogen-bond acceptors (Lipinski definition) is 6. The molecule has 0 unspecified atom stereocenters. The zero-order valence-electron chi connectivity index (χ0n) is 19.9. The Morgan fingerprint density at radius 2 is 1.76 bits per heavy atom. The average Bonchev–Trinajstić information content (AvgIpc) is 2.68. The van der Waals surface area contributed by atoms with Crippen LogP contribution in [0.4, 0.5) is 16.2 Å². The van der Waals surface area contributed by atoms with E-state index in [-0.39, 0.29) is 0 Å². The van der Waals surface area contributed by atoms with Crippen molar-refractivity contribution in [3.63, 3.8) is 0 Å². The standard InChI is InChI=1S/C23H28N2O4.C2H4O2/c1-7-20(26)28-21-15(2)11-12-19(16(21)3)24-14-17-9-8-10-18(13-17)25-22(27)29-23(4,5)6;1-2(3)4/h7-13,24H,1,14H2,2-6H3,(H,25,27);1H3,(H,3,4). The number of esters is 1. The van der Waals surface area contributed by atoms with Crippen molar-refractivity contribution in [3.8, 4) is 5.75 Å². The van der Waals surface area contributed by atoms with Crippen LogP contribution in [0.15, 0.2) is 49.1 Å². The lowest BCUT2D eigenvalue weighted by Crippen LogP contribution is -2.27. The fourth-order valence-corrected chi connectivity index (χ4v) is 2.70. The molecule has 2 aromatic carbocycles. The van der Waals surface area contributed by atoms with Gasteiger partial charge in [0.2, 0.25) is 0 Å². The topological polar surface area (TPSA) is 114 Å². The molecule has 0 saturated heterocycles. The summed E-state index contributed by atoms with van der Waals surface area (Å²) in [4.78, 5) is 32.5. The molecule has 0 aromatic heterocycles. The summed E-state index contributed by atoms with van der Waals surface area (Å²) >= 11 is 0. The Bertz CT molecular complexity index is 1000. The minimum Gasteiger partial charge on any atom is -0.481 e. The van der Waals surface area contributed by atoms with E-state index in [2.05, 4.69) is 17.2 Å². The molecule has 0 aliphatic carbocycles. The number of ether oxygens (including phenoxy) is 2. The van der Waals surface area contributed by atoms with Crippen molar-refractivity contribution >= 4 is 29.4 Å². The van der Waals surface area contributed by atoms with E-state index in [1.54, 1.807) is 6.07 Å². The van der Waals surface area contributed by atoms with E-state index in [4.69, 9.17) is 19.4 Å². The average molecular weight is 457 g/mol. The SMILES string of the molecule is C=CC(=O)Oc1c(C)ccc(NCc2cccc(NC(=O)OC(C)(C)C)c2)c1C.CC(=O)O. The second kappa shape index (κ2) is 12.3. The molecule has 0 bridgehead atoms. The van der Waals surface area contributed by atoms with Crippen LogP contribution in [0.2, 0.25) is 0 Å². The predicted molar refractivity (Wildman–Crippen MR) is 129 cm³/mol.